The molecule has 0 aliphatic carbocycles. The summed E-state index contributed by atoms with van der Waals surface area (Å²) in [6, 6.07) is 13.1. The number of Topliss-reactive ketones (excluding diaryl/α,β-unsaturated/α-hetero) is 1. The van der Waals surface area contributed by atoms with Gasteiger partial charge in [0.05, 0.1) is 0 Å². The lowest BCUT2D eigenvalue weighted by atomic mass is 10.1. The SMILES string of the molecule is O=C(COc1ccc2ccc(=O)oc2c1)c1ccc2c(c1)OCO2. The van der Waals surface area contributed by atoms with Crippen molar-refractivity contribution in [1.82, 2.24) is 0 Å². The standard InChI is InChI=1S/C18H12O6/c19-14(12-2-5-15-17(7-12)23-10-22-15)9-21-13-4-1-11-3-6-18(20)24-16(11)8-13/h1-8H,9-10H2. The summed E-state index contributed by atoms with van der Waals surface area (Å²) in [7, 11) is 0. The Bertz CT molecular complexity index is 988. The molecule has 0 bridgehead atoms. The number of ether oxygens (including phenoxy) is 3. The average molecular weight is 324 g/mol. The van der Waals surface area contributed by atoms with Crippen LogP contribution >= 0.6 is 0 Å². The Kier molecular flexibility index (Phi) is 3.42. The number of carbonyl (C=O) groups is 1. The van der Waals surface area contributed by atoms with Crippen LogP contribution in [0.5, 0.6) is 17.2 Å². The van der Waals surface area contributed by atoms with E-state index in [1.165, 1.54) is 6.07 Å². The first-order valence-corrected chi connectivity index (χ1v) is 7.29. The van der Waals surface area contributed by atoms with Gasteiger partial charge in [0, 0.05) is 23.1 Å². The zero-order chi connectivity index (χ0) is 16.5. The van der Waals surface area contributed by atoms with E-state index < -0.39 is 5.63 Å². The van der Waals surface area contributed by atoms with Crippen LogP contribution in [-0.2, 0) is 0 Å². The van der Waals surface area contributed by atoms with E-state index in [0.717, 1.165) is 5.39 Å². The monoisotopic (exact) mass is 324 g/mol. The summed E-state index contributed by atoms with van der Waals surface area (Å²) in [4.78, 5) is 23.5. The van der Waals surface area contributed by atoms with E-state index in [9.17, 15) is 9.59 Å². The largest absolute Gasteiger partial charge is 0.485 e. The molecule has 2 heterocycles. The van der Waals surface area contributed by atoms with Gasteiger partial charge in [0.1, 0.15) is 11.3 Å². The van der Waals surface area contributed by atoms with Crippen molar-refractivity contribution in [1.29, 1.82) is 0 Å². The molecule has 0 N–H and O–H groups in total. The second-order valence-electron chi connectivity index (χ2n) is 5.23. The van der Waals surface area contributed by atoms with Crippen molar-refractivity contribution in [2.75, 3.05) is 13.4 Å². The highest BCUT2D eigenvalue weighted by atomic mass is 16.7. The van der Waals surface area contributed by atoms with E-state index in [0.29, 0.717) is 28.4 Å². The summed E-state index contributed by atoms with van der Waals surface area (Å²) < 4.78 is 21.1. The Labute approximate surface area is 136 Å². The van der Waals surface area contributed by atoms with E-state index >= 15 is 0 Å². The number of benzene rings is 2. The number of ketones is 1. The number of hydrogen-bond acceptors (Lipinski definition) is 6. The van der Waals surface area contributed by atoms with Gasteiger partial charge in [0.15, 0.2) is 23.9 Å². The van der Waals surface area contributed by atoms with Gasteiger partial charge in [-0.1, -0.05) is 0 Å². The first kappa shape index (κ1) is 14.3. The van der Waals surface area contributed by atoms with E-state index in [4.69, 9.17) is 18.6 Å². The molecule has 6 heteroatoms. The molecule has 0 unspecified atom stereocenters. The smallest absolute Gasteiger partial charge is 0.336 e. The van der Waals surface area contributed by atoms with Crippen LogP contribution in [0.15, 0.2) is 57.7 Å². The highest BCUT2D eigenvalue weighted by Gasteiger charge is 2.16. The Morgan fingerprint density at radius 1 is 1.00 bits per heavy atom. The summed E-state index contributed by atoms with van der Waals surface area (Å²) in [5.74, 6) is 1.43. The number of hydrogen-bond donors (Lipinski definition) is 0. The Morgan fingerprint density at radius 2 is 1.83 bits per heavy atom. The van der Waals surface area contributed by atoms with Crippen molar-refractivity contribution in [3.63, 3.8) is 0 Å². The Balaban J connectivity index is 1.50. The predicted molar refractivity (Wildman–Crippen MR) is 84.9 cm³/mol. The molecule has 120 valence electrons. The number of carbonyl (C=O) groups excluding carboxylic acids is 1. The molecule has 0 amide bonds. The topological polar surface area (TPSA) is 75.0 Å². The summed E-state index contributed by atoms with van der Waals surface area (Å²) >= 11 is 0. The molecule has 0 spiro atoms. The van der Waals surface area contributed by atoms with Crippen molar-refractivity contribution >= 4 is 16.8 Å². The maximum atomic E-state index is 12.2. The van der Waals surface area contributed by atoms with Gasteiger partial charge < -0.3 is 18.6 Å². The molecular formula is C18H12O6. The third-order valence-electron chi connectivity index (χ3n) is 3.66. The molecule has 1 aliphatic heterocycles. The maximum Gasteiger partial charge on any atom is 0.336 e. The summed E-state index contributed by atoms with van der Waals surface area (Å²) in [5.41, 5.74) is 0.457. The molecule has 1 aromatic heterocycles. The number of fused-ring (bicyclic) bond motifs is 2. The molecule has 3 aromatic rings. The molecule has 0 radical (unpaired) electrons. The van der Waals surface area contributed by atoms with Crippen molar-refractivity contribution < 1.29 is 23.4 Å². The van der Waals surface area contributed by atoms with Crippen LogP contribution in [0, 0.1) is 0 Å². The lowest BCUT2D eigenvalue weighted by Gasteiger charge is -2.07. The third kappa shape index (κ3) is 2.69. The zero-order valence-electron chi connectivity index (χ0n) is 12.5. The molecule has 0 atom stereocenters. The van der Waals surface area contributed by atoms with E-state index in [1.54, 1.807) is 42.5 Å². The average Bonchev–Trinajstić information content (AvgIpc) is 3.06. The maximum absolute atomic E-state index is 12.2. The van der Waals surface area contributed by atoms with E-state index in [1.807, 2.05) is 0 Å². The first-order valence-electron chi connectivity index (χ1n) is 7.29. The van der Waals surface area contributed by atoms with Crippen LogP contribution < -0.4 is 19.8 Å². The third-order valence-corrected chi connectivity index (χ3v) is 3.66. The first-order chi connectivity index (χ1) is 11.7. The van der Waals surface area contributed by atoms with E-state index in [-0.39, 0.29) is 19.2 Å². The molecule has 1 aliphatic rings. The van der Waals surface area contributed by atoms with Crippen molar-refractivity contribution in [3.05, 3.63) is 64.5 Å². The minimum Gasteiger partial charge on any atom is -0.485 e. The van der Waals surface area contributed by atoms with Crippen LogP contribution in [-0.4, -0.2) is 19.2 Å². The van der Waals surface area contributed by atoms with Gasteiger partial charge in [0.2, 0.25) is 6.79 Å². The second kappa shape index (κ2) is 5.73. The molecule has 0 fully saturated rings. The van der Waals surface area contributed by atoms with Crippen LogP contribution in [0.1, 0.15) is 10.4 Å². The normalized spacial score (nSPS) is 12.3. The predicted octanol–water partition coefficient (Wildman–Crippen LogP) is 2.78. The fourth-order valence-corrected chi connectivity index (χ4v) is 2.43. The van der Waals surface area contributed by atoms with Gasteiger partial charge >= 0.3 is 5.63 Å². The van der Waals surface area contributed by atoms with Crippen molar-refractivity contribution in [2.45, 2.75) is 0 Å². The van der Waals surface area contributed by atoms with Gasteiger partial charge in [-0.05, 0) is 36.4 Å². The van der Waals surface area contributed by atoms with Gasteiger partial charge in [0.25, 0.3) is 0 Å². The molecule has 2 aromatic carbocycles. The Hall–Kier alpha value is -3.28. The molecule has 0 saturated carbocycles. The van der Waals surface area contributed by atoms with E-state index in [2.05, 4.69) is 0 Å². The number of rotatable bonds is 4. The van der Waals surface area contributed by atoms with Crippen LogP contribution in [0.2, 0.25) is 0 Å². The van der Waals surface area contributed by atoms with Gasteiger partial charge in [-0.2, -0.15) is 0 Å². The summed E-state index contributed by atoms with van der Waals surface area (Å²) in [6.45, 7) is 0.0218. The summed E-state index contributed by atoms with van der Waals surface area (Å²) in [6.07, 6.45) is 0. The second-order valence-corrected chi connectivity index (χ2v) is 5.23. The van der Waals surface area contributed by atoms with Gasteiger partial charge in [-0.25, -0.2) is 4.79 Å². The lowest BCUT2D eigenvalue weighted by Crippen LogP contribution is -2.11. The molecular weight excluding hydrogens is 312 g/mol. The fraction of sp³-hybridized carbons (Fsp3) is 0.111. The molecule has 4 rings (SSSR count). The Morgan fingerprint density at radius 3 is 2.75 bits per heavy atom. The lowest BCUT2D eigenvalue weighted by molar-refractivity contribution is 0.0921. The minimum absolute atomic E-state index is 0.137. The van der Waals surface area contributed by atoms with Crippen LogP contribution in [0.3, 0.4) is 0 Å². The van der Waals surface area contributed by atoms with Gasteiger partial charge in [-0.3, -0.25) is 4.79 Å². The minimum atomic E-state index is -0.434. The van der Waals surface area contributed by atoms with Gasteiger partial charge in [-0.15, -0.1) is 0 Å². The highest BCUT2D eigenvalue weighted by Crippen LogP contribution is 2.32. The highest BCUT2D eigenvalue weighted by molar-refractivity contribution is 5.98. The quantitative estimate of drug-likeness (QED) is 0.543. The van der Waals surface area contributed by atoms with Crippen LogP contribution in [0.4, 0.5) is 0 Å². The fourth-order valence-electron chi connectivity index (χ4n) is 2.43. The van der Waals surface area contributed by atoms with Crippen molar-refractivity contribution in [2.24, 2.45) is 0 Å². The van der Waals surface area contributed by atoms with Crippen LogP contribution in [0.25, 0.3) is 11.0 Å². The summed E-state index contributed by atoms with van der Waals surface area (Å²) in [5, 5.41) is 0.782. The molecule has 24 heavy (non-hydrogen) atoms. The van der Waals surface area contributed by atoms with Crippen molar-refractivity contribution in [3.8, 4) is 17.2 Å². The zero-order valence-corrected chi connectivity index (χ0v) is 12.5. The molecule has 6 nitrogen and oxygen atoms in total. The molecule has 0 saturated heterocycles.